The van der Waals surface area contributed by atoms with Crippen LogP contribution in [-0.4, -0.2) is 3.79 Å². The minimum atomic E-state index is 0.0508. The first-order valence-corrected chi connectivity index (χ1v) is 6.27. The molecule has 0 heterocycles. The van der Waals surface area contributed by atoms with Crippen LogP contribution in [0.5, 0.6) is 0 Å². The van der Waals surface area contributed by atoms with Gasteiger partial charge in [0.15, 0.2) is 0 Å². The number of benzene rings is 1. The average Bonchev–Trinajstić information content (AvgIpc) is 2.02. The van der Waals surface area contributed by atoms with E-state index in [1.54, 1.807) is 22.6 Å². The van der Waals surface area contributed by atoms with E-state index in [0.717, 1.165) is 21.1 Å². The van der Waals surface area contributed by atoms with E-state index in [1.165, 1.54) is 0 Å². The summed E-state index contributed by atoms with van der Waals surface area (Å²) in [6.45, 7) is 2.00. The fourth-order valence-corrected chi connectivity index (χ4v) is 2.78. The van der Waals surface area contributed by atoms with Gasteiger partial charge in [-0.1, -0.05) is 18.5 Å². The summed E-state index contributed by atoms with van der Waals surface area (Å²) in [4.78, 5) is 11.3. The van der Waals surface area contributed by atoms with Crippen molar-refractivity contribution in [3.05, 3.63) is 31.9 Å². The normalized spacial score (nSPS) is 10.2. The van der Waals surface area contributed by atoms with Gasteiger partial charge in [0.05, 0.1) is 0 Å². The third kappa shape index (κ3) is 2.79. The first kappa shape index (κ1) is 11.7. The average molecular weight is 420 g/mol. The fourth-order valence-electron chi connectivity index (χ4n) is 1.14. The summed E-state index contributed by atoms with van der Waals surface area (Å²) < 4.78 is 1.05. The summed E-state index contributed by atoms with van der Waals surface area (Å²) in [5.41, 5.74) is 1.68. The molecule has 0 fully saturated rings. The van der Waals surface area contributed by atoms with Gasteiger partial charge in [-0.15, -0.1) is 0 Å². The van der Waals surface area contributed by atoms with Gasteiger partial charge in [0.1, 0.15) is 0 Å². The summed E-state index contributed by atoms with van der Waals surface area (Å²) in [6, 6.07) is 3.75. The first-order valence-electron chi connectivity index (χ1n) is 3.74. The van der Waals surface area contributed by atoms with Gasteiger partial charge >= 0.3 is 0 Å². The highest BCUT2D eigenvalue weighted by Gasteiger charge is 2.11. The van der Waals surface area contributed by atoms with Crippen molar-refractivity contribution in [1.29, 1.82) is 0 Å². The van der Waals surface area contributed by atoms with E-state index in [2.05, 4.69) is 22.6 Å². The number of carbonyl (C=O) groups is 1. The highest BCUT2D eigenvalue weighted by molar-refractivity contribution is 14.1. The molecule has 0 aliphatic carbocycles. The molecule has 0 saturated heterocycles. The molecule has 0 radical (unpaired) electrons. The highest BCUT2D eigenvalue weighted by Crippen LogP contribution is 2.25. The number of hydrogen-bond donors (Lipinski definition) is 0. The van der Waals surface area contributed by atoms with E-state index < -0.39 is 0 Å². The Labute approximate surface area is 110 Å². The third-order valence-corrected chi connectivity index (χ3v) is 3.27. The SMILES string of the molecule is CCc1c(Cl)cc(I)cc1C(=O)I. The van der Waals surface area contributed by atoms with Crippen LogP contribution in [-0.2, 0) is 6.42 Å². The number of carbonyl (C=O) groups excluding carboxylic acids is 1. The molecule has 1 aromatic rings. The number of hydrogen-bond acceptors (Lipinski definition) is 1. The van der Waals surface area contributed by atoms with Gasteiger partial charge in [0, 0.05) is 36.7 Å². The van der Waals surface area contributed by atoms with Crippen LogP contribution in [0, 0.1) is 3.57 Å². The molecule has 0 atom stereocenters. The molecule has 0 N–H and O–H groups in total. The maximum absolute atomic E-state index is 11.3. The van der Waals surface area contributed by atoms with Crippen molar-refractivity contribution in [3.63, 3.8) is 0 Å². The highest BCUT2D eigenvalue weighted by atomic mass is 127. The second-order valence-electron chi connectivity index (χ2n) is 2.54. The summed E-state index contributed by atoms with van der Waals surface area (Å²) in [6.07, 6.45) is 0.791. The van der Waals surface area contributed by atoms with Crippen LogP contribution >= 0.6 is 56.8 Å². The molecule has 1 nitrogen and oxygen atoms in total. The molecule has 0 saturated carbocycles. The Morgan fingerprint density at radius 1 is 1.54 bits per heavy atom. The first-order chi connectivity index (χ1) is 6.06. The van der Waals surface area contributed by atoms with Gasteiger partial charge in [-0.05, 0) is 46.7 Å². The molecule has 4 heteroatoms. The predicted molar refractivity (Wildman–Crippen MR) is 71.9 cm³/mol. The van der Waals surface area contributed by atoms with Crippen LogP contribution in [0.3, 0.4) is 0 Å². The largest absolute Gasteiger partial charge is 0.282 e. The Kier molecular flexibility index (Phi) is 4.44. The molecule has 1 aromatic carbocycles. The molecular weight excluding hydrogens is 413 g/mol. The van der Waals surface area contributed by atoms with Crippen LogP contribution in [0.1, 0.15) is 22.8 Å². The maximum Gasteiger partial charge on any atom is 0.222 e. The zero-order valence-corrected chi connectivity index (χ0v) is 12.0. The zero-order valence-electron chi connectivity index (χ0n) is 6.90. The molecular formula is C9H7ClI2O. The maximum atomic E-state index is 11.3. The monoisotopic (exact) mass is 420 g/mol. The molecule has 70 valence electrons. The van der Waals surface area contributed by atoms with Crippen LogP contribution in [0.15, 0.2) is 12.1 Å². The molecule has 0 aliphatic heterocycles. The minimum absolute atomic E-state index is 0.0508. The van der Waals surface area contributed by atoms with Crippen molar-refractivity contribution in [3.8, 4) is 0 Å². The Hall–Kier alpha value is 0.640. The van der Waals surface area contributed by atoms with Gasteiger partial charge in [0.25, 0.3) is 0 Å². The molecule has 0 amide bonds. The summed E-state index contributed by atoms with van der Waals surface area (Å²) in [7, 11) is 0. The minimum Gasteiger partial charge on any atom is -0.282 e. The predicted octanol–water partition coefficient (Wildman–Crippen LogP) is 4.08. The van der Waals surface area contributed by atoms with Crippen molar-refractivity contribution >= 4 is 60.6 Å². The van der Waals surface area contributed by atoms with Crippen molar-refractivity contribution in [2.45, 2.75) is 13.3 Å². The van der Waals surface area contributed by atoms with E-state index in [-0.39, 0.29) is 3.79 Å². The zero-order chi connectivity index (χ0) is 10.0. The third-order valence-electron chi connectivity index (χ3n) is 1.73. The van der Waals surface area contributed by atoms with Crippen LogP contribution in [0.4, 0.5) is 0 Å². The molecule has 0 spiro atoms. The van der Waals surface area contributed by atoms with E-state index in [0.29, 0.717) is 5.02 Å². The smallest absolute Gasteiger partial charge is 0.222 e. The summed E-state index contributed by atoms with van der Waals surface area (Å²) in [5.74, 6) is 0. The quantitative estimate of drug-likeness (QED) is 0.521. The second kappa shape index (κ2) is 4.93. The van der Waals surface area contributed by atoms with Crippen LogP contribution in [0.25, 0.3) is 0 Å². The van der Waals surface area contributed by atoms with Crippen LogP contribution < -0.4 is 0 Å². The van der Waals surface area contributed by atoms with E-state index in [1.807, 2.05) is 19.1 Å². The lowest BCUT2D eigenvalue weighted by Gasteiger charge is -2.06. The second-order valence-corrected chi connectivity index (χ2v) is 5.17. The van der Waals surface area contributed by atoms with Gasteiger partial charge in [-0.2, -0.15) is 0 Å². The lowest BCUT2D eigenvalue weighted by atomic mass is 10.1. The molecule has 0 unspecified atom stereocenters. The molecule has 0 bridgehead atoms. The van der Waals surface area contributed by atoms with Crippen molar-refractivity contribution in [2.24, 2.45) is 0 Å². The topological polar surface area (TPSA) is 17.1 Å². The van der Waals surface area contributed by atoms with Gasteiger partial charge in [0.2, 0.25) is 3.79 Å². The van der Waals surface area contributed by atoms with E-state index in [9.17, 15) is 4.79 Å². The molecule has 0 aliphatic rings. The van der Waals surface area contributed by atoms with E-state index >= 15 is 0 Å². The summed E-state index contributed by atoms with van der Waals surface area (Å²) >= 11 is 9.97. The Bertz CT molecular complexity index is 350. The van der Waals surface area contributed by atoms with Crippen molar-refractivity contribution < 1.29 is 4.79 Å². The Morgan fingerprint density at radius 3 is 2.62 bits per heavy atom. The lowest BCUT2D eigenvalue weighted by molar-refractivity contribution is 0.110. The number of halogens is 3. The number of rotatable bonds is 2. The van der Waals surface area contributed by atoms with Gasteiger partial charge < -0.3 is 0 Å². The standard InChI is InChI=1S/C9H7ClI2O/c1-2-6-7(9(12)13)3-5(11)4-8(6)10/h3-4H,2H2,1H3. The lowest BCUT2D eigenvalue weighted by Crippen LogP contribution is -1.97. The van der Waals surface area contributed by atoms with Crippen molar-refractivity contribution in [2.75, 3.05) is 0 Å². The molecule has 0 aromatic heterocycles. The Balaban J connectivity index is 3.38. The van der Waals surface area contributed by atoms with Gasteiger partial charge in [-0.3, -0.25) is 4.79 Å². The summed E-state index contributed by atoms with van der Waals surface area (Å²) in [5, 5.41) is 0.689. The Morgan fingerprint density at radius 2 is 2.15 bits per heavy atom. The van der Waals surface area contributed by atoms with Gasteiger partial charge in [-0.25, -0.2) is 0 Å². The fraction of sp³-hybridized carbons (Fsp3) is 0.222. The van der Waals surface area contributed by atoms with Crippen molar-refractivity contribution in [1.82, 2.24) is 0 Å². The molecule has 1 rings (SSSR count). The molecule has 13 heavy (non-hydrogen) atoms. The van der Waals surface area contributed by atoms with E-state index in [4.69, 9.17) is 11.6 Å². The van der Waals surface area contributed by atoms with Crippen LogP contribution in [0.2, 0.25) is 5.02 Å².